The molecule has 1 aliphatic carbocycles. The molecule has 6 heteroatoms. The van der Waals surface area contributed by atoms with Crippen LogP contribution in [0.3, 0.4) is 0 Å². The molecule has 2 amide bonds. The third kappa shape index (κ3) is 4.10. The minimum Gasteiger partial charge on any atom is -0.361 e. The highest BCUT2D eigenvalue weighted by Crippen LogP contribution is 2.38. The molecule has 2 atom stereocenters. The van der Waals surface area contributed by atoms with E-state index < -0.39 is 11.6 Å². The summed E-state index contributed by atoms with van der Waals surface area (Å²) >= 11 is 0. The number of aromatic amines is 1. The van der Waals surface area contributed by atoms with E-state index in [4.69, 9.17) is 5.73 Å². The van der Waals surface area contributed by atoms with Crippen molar-refractivity contribution in [2.45, 2.75) is 76.4 Å². The molecule has 30 heavy (non-hydrogen) atoms. The van der Waals surface area contributed by atoms with Crippen molar-refractivity contribution in [1.82, 2.24) is 15.2 Å². The van der Waals surface area contributed by atoms with Gasteiger partial charge in [0.2, 0.25) is 11.8 Å². The summed E-state index contributed by atoms with van der Waals surface area (Å²) in [6.07, 6.45) is 9.35. The van der Waals surface area contributed by atoms with E-state index in [-0.39, 0.29) is 23.8 Å². The smallest absolute Gasteiger partial charge is 0.245 e. The van der Waals surface area contributed by atoms with E-state index >= 15 is 0 Å². The van der Waals surface area contributed by atoms with Crippen LogP contribution in [0.4, 0.5) is 0 Å². The zero-order valence-electron chi connectivity index (χ0n) is 18.1. The number of fused-ring (bicyclic) bond motifs is 1. The monoisotopic (exact) mass is 410 g/mol. The molecule has 2 unspecified atom stereocenters. The van der Waals surface area contributed by atoms with Crippen LogP contribution in [0, 0.1) is 5.92 Å². The largest absolute Gasteiger partial charge is 0.361 e. The van der Waals surface area contributed by atoms with Gasteiger partial charge in [0.05, 0.1) is 11.6 Å². The lowest BCUT2D eigenvalue weighted by atomic mass is 9.82. The van der Waals surface area contributed by atoms with Crippen molar-refractivity contribution in [3.8, 4) is 0 Å². The lowest BCUT2D eigenvalue weighted by Gasteiger charge is -2.36. The van der Waals surface area contributed by atoms with Crippen LogP contribution >= 0.6 is 0 Å². The molecule has 2 aliphatic rings. The zero-order chi connectivity index (χ0) is 21.3. The molecular formula is C24H34N4O2. The molecular weight excluding hydrogens is 376 g/mol. The normalized spacial score (nSPS) is 21.7. The van der Waals surface area contributed by atoms with Gasteiger partial charge >= 0.3 is 0 Å². The van der Waals surface area contributed by atoms with E-state index in [0.29, 0.717) is 0 Å². The van der Waals surface area contributed by atoms with Gasteiger partial charge in [-0.1, -0.05) is 37.5 Å². The average molecular weight is 411 g/mol. The van der Waals surface area contributed by atoms with E-state index in [9.17, 15) is 9.59 Å². The Bertz CT molecular complexity index is 907. The summed E-state index contributed by atoms with van der Waals surface area (Å²) in [7, 11) is 0. The highest BCUT2D eigenvalue weighted by atomic mass is 16.2. The number of carbonyl (C=O) groups excluding carboxylic acids is 2. The van der Waals surface area contributed by atoms with Gasteiger partial charge in [-0.2, -0.15) is 0 Å². The predicted octanol–water partition coefficient (Wildman–Crippen LogP) is 3.63. The Balaban J connectivity index is 1.61. The molecule has 0 spiro atoms. The molecule has 4 rings (SSSR count). The summed E-state index contributed by atoms with van der Waals surface area (Å²) < 4.78 is 0. The number of hydrogen-bond donors (Lipinski definition) is 3. The number of hydrogen-bond acceptors (Lipinski definition) is 3. The molecule has 1 aromatic carbocycles. The molecule has 4 N–H and O–H groups in total. The maximum absolute atomic E-state index is 13.8. The van der Waals surface area contributed by atoms with Crippen molar-refractivity contribution in [2.24, 2.45) is 11.7 Å². The van der Waals surface area contributed by atoms with Gasteiger partial charge in [-0.3, -0.25) is 9.59 Å². The second kappa shape index (κ2) is 8.42. The number of nitrogens with one attached hydrogen (secondary N) is 2. The number of nitrogens with zero attached hydrogens (tertiary/aromatic N) is 1. The molecule has 0 bridgehead atoms. The summed E-state index contributed by atoms with van der Waals surface area (Å²) in [5, 5.41) is 4.21. The highest BCUT2D eigenvalue weighted by molar-refractivity contribution is 5.92. The van der Waals surface area contributed by atoms with Gasteiger partial charge < -0.3 is 20.9 Å². The minimum absolute atomic E-state index is 0.0440. The highest BCUT2D eigenvalue weighted by Gasteiger charge is 2.40. The van der Waals surface area contributed by atoms with Crippen LogP contribution in [0.1, 0.15) is 70.4 Å². The lowest BCUT2D eigenvalue weighted by Crippen LogP contribution is -2.58. The van der Waals surface area contributed by atoms with Crippen LogP contribution in [-0.2, 0) is 9.59 Å². The third-order valence-corrected chi connectivity index (χ3v) is 6.78. The maximum Gasteiger partial charge on any atom is 0.245 e. The van der Waals surface area contributed by atoms with Crippen LogP contribution in [0.5, 0.6) is 0 Å². The van der Waals surface area contributed by atoms with Crippen LogP contribution in [0.2, 0.25) is 0 Å². The number of aromatic nitrogens is 1. The van der Waals surface area contributed by atoms with Crippen molar-refractivity contribution in [3.63, 3.8) is 0 Å². The SMILES string of the molecule is CC(C)(N)C(=O)NC(C(=O)N1CCCC1c1c[nH]c2ccccc12)C1CCCCC1. The number of rotatable bonds is 5. The van der Waals surface area contributed by atoms with Gasteiger partial charge in [0.25, 0.3) is 0 Å². The predicted molar refractivity (Wildman–Crippen MR) is 119 cm³/mol. The summed E-state index contributed by atoms with van der Waals surface area (Å²) in [5.41, 5.74) is 7.29. The van der Waals surface area contributed by atoms with Crippen LogP contribution in [0.25, 0.3) is 10.9 Å². The molecule has 2 aromatic rings. The number of benzene rings is 1. The molecule has 1 aliphatic heterocycles. The summed E-state index contributed by atoms with van der Waals surface area (Å²) in [6, 6.07) is 7.78. The first-order valence-electron chi connectivity index (χ1n) is 11.3. The van der Waals surface area contributed by atoms with E-state index in [0.717, 1.165) is 50.6 Å². The Hall–Kier alpha value is -2.34. The fraction of sp³-hybridized carbons (Fsp3) is 0.583. The van der Waals surface area contributed by atoms with Crippen molar-refractivity contribution < 1.29 is 9.59 Å². The van der Waals surface area contributed by atoms with Crippen molar-refractivity contribution in [2.75, 3.05) is 6.54 Å². The standard InChI is InChI=1S/C24H34N4O2/c1-24(2,25)23(30)27-21(16-9-4-3-5-10-16)22(29)28-14-8-13-20(28)18-15-26-19-12-7-6-11-17(18)19/h6-7,11-12,15-16,20-21,26H,3-5,8-10,13-14,25H2,1-2H3,(H,27,30). The molecule has 2 heterocycles. The summed E-state index contributed by atoms with van der Waals surface area (Å²) in [6.45, 7) is 4.11. The lowest BCUT2D eigenvalue weighted by molar-refractivity contribution is -0.140. The van der Waals surface area contributed by atoms with E-state index in [2.05, 4.69) is 22.4 Å². The first kappa shape index (κ1) is 20.9. The van der Waals surface area contributed by atoms with Gasteiger partial charge in [0.1, 0.15) is 6.04 Å². The van der Waals surface area contributed by atoms with Crippen LogP contribution < -0.4 is 11.1 Å². The average Bonchev–Trinajstić information content (AvgIpc) is 3.38. The Morgan fingerprint density at radius 3 is 2.60 bits per heavy atom. The van der Waals surface area contributed by atoms with E-state index in [1.54, 1.807) is 13.8 Å². The first-order valence-corrected chi connectivity index (χ1v) is 11.3. The topological polar surface area (TPSA) is 91.2 Å². The Morgan fingerprint density at radius 2 is 1.87 bits per heavy atom. The quantitative estimate of drug-likeness (QED) is 0.703. The van der Waals surface area contributed by atoms with Crippen LogP contribution in [-0.4, -0.2) is 39.8 Å². The second-order valence-electron chi connectivity index (χ2n) is 9.55. The second-order valence-corrected chi connectivity index (χ2v) is 9.55. The fourth-order valence-corrected chi connectivity index (χ4v) is 5.08. The summed E-state index contributed by atoms with van der Waals surface area (Å²) in [4.78, 5) is 31.9. The molecule has 0 radical (unpaired) electrons. The molecule has 1 aromatic heterocycles. The maximum atomic E-state index is 13.8. The number of amides is 2. The zero-order valence-corrected chi connectivity index (χ0v) is 18.1. The molecule has 162 valence electrons. The molecule has 2 fully saturated rings. The summed E-state index contributed by atoms with van der Waals surface area (Å²) in [5.74, 6) is -0.0247. The number of H-pyrrole nitrogens is 1. The van der Waals surface area contributed by atoms with Crippen molar-refractivity contribution >= 4 is 22.7 Å². The number of para-hydroxylation sites is 1. The van der Waals surface area contributed by atoms with Crippen LogP contribution in [0.15, 0.2) is 30.5 Å². The molecule has 1 saturated heterocycles. The number of nitrogens with two attached hydrogens (primary N) is 1. The third-order valence-electron chi connectivity index (χ3n) is 6.78. The Morgan fingerprint density at radius 1 is 1.13 bits per heavy atom. The number of carbonyl (C=O) groups is 2. The Kier molecular flexibility index (Phi) is 5.87. The molecule has 6 nitrogen and oxygen atoms in total. The van der Waals surface area contributed by atoms with Gasteiger partial charge in [-0.15, -0.1) is 0 Å². The van der Waals surface area contributed by atoms with E-state index in [1.807, 2.05) is 23.2 Å². The van der Waals surface area contributed by atoms with Crippen molar-refractivity contribution in [1.29, 1.82) is 0 Å². The Labute approximate surface area is 178 Å². The number of likely N-dealkylation sites (tertiary alicyclic amines) is 1. The fourth-order valence-electron chi connectivity index (χ4n) is 5.08. The van der Waals surface area contributed by atoms with Gasteiger partial charge in [-0.05, 0) is 57.1 Å². The first-order chi connectivity index (χ1) is 14.4. The van der Waals surface area contributed by atoms with Gasteiger partial charge in [0.15, 0.2) is 0 Å². The van der Waals surface area contributed by atoms with Crippen molar-refractivity contribution in [3.05, 3.63) is 36.0 Å². The minimum atomic E-state index is -1.01. The van der Waals surface area contributed by atoms with Gasteiger partial charge in [-0.25, -0.2) is 0 Å². The van der Waals surface area contributed by atoms with Gasteiger partial charge in [0, 0.05) is 23.6 Å². The molecule has 1 saturated carbocycles. The van der Waals surface area contributed by atoms with E-state index in [1.165, 1.54) is 17.4 Å².